The summed E-state index contributed by atoms with van der Waals surface area (Å²) in [7, 11) is 0. The Bertz CT molecular complexity index is 569. The molecule has 0 spiro atoms. The Morgan fingerprint density at radius 1 is 0.652 bits per heavy atom. The molecule has 0 radical (unpaired) electrons. The molecule has 0 saturated heterocycles. The third-order valence-electron chi connectivity index (χ3n) is 4.36. The van der Waals surface area contributed by atoms with Crippen molar-refractivity contribution in [2.24, 2.45) is 0 Å². The Kier molecular flexibility index (Phi) is 6.02. The first-order valence-corrected chi connectivity index (χ1v) is 7.94. The lowest BCUT2D eigenvalue weighted by molar-refractivity contribution is 0.241. The molecule has 2 aromatic carbocycles. The van der Waals surface area contributed by atoms with Crippen LogP contribution in [0.25, 0.3) is 0 Å². The van der Waals surface area contributed by atoms with Gasteiger partial charge in [-0.05, 0) is 37.8 Å². The average Bonchev–Trinajstić information content (AvgIpc) is 2.57. The number of aromatic hydroxyl groups is 2. The highest BCUT2D eigenvalue weighted by Gasteiger charge is 2.37. The standard InChI is InChI=1S/C19H24O4/c20-13-5-11-19(12-6-14-21,15-7-1-3-9-17(15)22)16-8-2-4-10-18(16)23/h1-4,7-10,20-23H,5-6,11-14H2. The van der Waals surface area contributed by atoms with Crippen LogP contribution in [0, 0.1) is 0 Å². The Balaban J connectivity index is 2.64. The minimum absolute atomic E-state index is 0.0298. The molecule has 0 unspecified atom stereocenters. The van der Waals surface area contributed by atoms with E-state index < -0.39 is 5.41 Å². The Morgan fingerprint density at radius 3 is 1.39 bits per heavy atom. The maximum atomic E-state index is 10.4. The van der Waals surface area contributed by atoms with E-state index in [4.69, 9.17) is 0 Å². The molecule has 0 aliphatic heterocycles. The van der Waals surface area contributed by atoms with E-state index in [1.54, 1.807) is 24.3 Å². The molecule has 0 heterocycles. The molecular formula is C19H24O4. The Hall–Kier alpha value is -2.04. The quantitative estimate of drug-likeness (QED) is 0.603. The number of aliphatic hydroxyl groups is 2. The molecule has 0 bridgehead atoms. The third-order valence-corrected chi connectivity index (χ3v) is 4.36. The van der Waals surface area contributed by atoms with E-state index in [0.717, 1.165) is 0 Å². The molecule has 0 aliphatic rings. The smallest absolute Gasteiger partial charge is 0.119 e. The summed E-state index contributed by atoms with van der Waals surface area (Å²) < 4.78 is 0. The minimum Gasteiger partial charge on any atom is -0.508 e. The van der Waals surface area contributed by atoms with Crippen LogP contribution in [0.2, 0.25) is 0 Å². The van der Waals surface area contributed by atoms with Gasteiger partial charge in [-0.2, -0.15) is 0 Å². The molecule has 124 valence electrons. The van der Waals surface area contributed by atoms with Gasteiger partial charge < -0.3 is 20.4 Å². The first kappa shape index (κ1) is 17.3. The van der Waals surface area contributed by atoms with Crippen LogP contribution in [0.5, 0.6) is 11.5 Å². The van der Waals surface area contributed by atoms with E-state index in [1.807, 2.05) is 24.3 Å². The first-order chi connectivity index (χ1) is 11.2. The number of rotatable bonds is 8. The number of phenols is 2. The van der Waals surface area contributed by atoms with Crippen molar-refractivity contribution in [3.63, 3.8) is 0 Å². The van der Waals surface area contributed by atoms with Crippen molar-refractivity contribution in [1.29, 1.82) is 0 Å². The van der Waals surface area contributed by atoms with E-state index >= 15 is 0 Å². The zero-order valence-corrected chi connectivity index (χ0v) is 13.2. The second-order valence-corrected chi connectivity index (χ2v) is 5.77. The fourth-order valence-electron chi connectivity index (χ4n) is 3.33. The number of hydrogen-bond donors (Lipinski definition) is 4. The van der Waals surface area contributed by atoms with Gasteiger partial charge in [0.2, 0.25) is 0 Å². The molecular weight excluding hydrogens is 292 g/mol. The number of aliphatic hydroxyl groups excluding tert-OH is 2. The summed E-state index contributed by atoms with van der Waals surface area (Å²) in [6, 6.07) is 14.2. The summed E-state index contributed by atoms with van der Waals surface area (Å²) in [6.45, 7) is 0.0597. The van der Waals surface area contributed by atoms with Crippen LogP contribution < -0.4 is 0 Å². The average molecular weight is 316 g/mol. The molecule has 0 amide bonds. The molecule has 0 saturated carbocycles. The first-order valence-electron chi connectivity index (χ1n) is 7.94. The molecule has 4 heteroatoms. The fourth-order valence-corrected chi connectivity index (χ4v) is 3.33. The number of para-hydroxylation sites is 2. The predicted molar refractivity (Wildman–Crippen MR) is 89.6 cm³/mol. The summed E-state index contributed by atoms with van der Waals surface area (Å²) in [5.74, 6) is 0.318. The predicted octanol–water partition coefficient (Wildman–Crippen LogP) is 2.93. The van der Waals surface area contributed by atoms with Crippen LogP contribution in [0.15, 0.2) is 48.5 Å². The maximum Gasteiger partial charge on any atom is 0.119 e. The largest absolute Gasteiger partial charge is 0.508 e. The van der Waals surface area contributed by atoms with Gasteiger partial charge in [0.05, 0.1) is 0 Å². The molecule has 4 nitrogen and oxygen atoms in total. The van der Waals surface area contributed by atoms with Crippen LogP contribution in [-0.2, 0) is 5.41 Å². The fraction of sp³-hybridized carbons (Fsp3) is 0.368. The second kappa shape index (κ2) is 7.99. The lowest BCUT2D eigenvalue weighted by Gasteiger charge is -2.36. The molecule has 2 rings (SSSR count). The van der Waals surface area contributed by atoms with Crippen LogP contribution in [-0.4, -0.2) is 33.6 Å². The highest BCUT2D eigenvalue weighted by molar-refractivity contribution is 5.51. The molecule has 0 aliphatic carbocycles. The van der Waals surface area contributed by atoms with Gasteiger partial charge in [-0.25, -0.2) is 0 Å². The van der Waals surface area contributed by atoms with E-state index in [-0.39, 0.29) is 24.7 Å². The van der Waals surface area contributed by atoms with Gasteiger partial charge in [-0.1, -0.05) is 36.4 Å². The number of hydrogen-bond acceptors (Lipinski definition) is 4. The number of phenolic OH excluding ortho intramolecular Hbond substituents is 2. The van der Waals surface area contributed by atoms with E-state index in [9.17, 15) is 20.4 Å². The van der Waals surface area contributed by atoms with Crippen LogP contribution >= 0.6 is 0 Å². The van der Waals surface area contributed by atoms with E-state index in [2.05, 4.69) is 0 Å². The lowest BCUT2D eigenvalue weighted by Crippen LogP contribution is -2.29. The normalized spacial score (nSPS) is 11.6. The molecule has 23 heavy (non-hydrogen) atoms. The van der Waals surface area contributed by atoms with Crippen molar-refractivity contribution < 1.29 is 20.4 Å². The van der Waals surface area contributed by atoms with Gasteiger partial charge in [0.25, 0.3) is 0 Å². The monoisotopic (exact) mass is 316 g/mol. The van der Waals surface area contributed by atoms with E-state index in [0.29, 0.717) is 36.8 Å². The second-order valence-electron chi connectivity index (χ2n) is 5.77. The molecule has 2 aromatic rings. The van der Waals surface area contributed by atoms with Gasteiger partial charge in [0, 0.05) is 29.8 Å². The minimum atomic E-state index is -0.651. The van der Waals surface area contributed by atoms with Crippen LogP contribution in [0.3, 0.4) is 0 Å². The van der Waals surface area contributed by atoms with Crippen LogP contribution in [0.1, 0.15) is 36.8 Å². The maximum absolute atomic E-state index is 10.4. The summed E-state index contributed by atoms with van der Waals surface area (Å²) in [6.07, 6.45) is 2.21. The van der Waals surface area contributed by atoms with E-state index in [1.165, 1.54) is 0 Å². The summed E-state index contributed by atoms with van der Waals surface area (Å²) in [5, 5.41) is 39.4. The highest BCUT2D eigenvalue weighted by atomic mass is 16.3. The Morgan fingerprint density at radius 2 is 1.04 bits per heavy atom. The Labute approximate surface area is 136 Å². The van der Waals surface area contributed by atoms with Gasteiger partial charge in [-0.15, -0.1) is 0 Å². The van der Waals surface area contributed by atoms with Gasteiger partial charge in [0.15, 0.2) is 0 Å². The van der Waals surface area contributed by atoms with Crippen molar-refractivity contribution in [1.82, 2.24) is 0 Å². The van der Waals surface area contributed by atoms with Crippen LogP contribution in [0.4, 0.5) is 0 Å². The summed E-state index contributed by atoms with van der Waals surface area (Å²) in [4.78, 5) is 0. The summed E-state index contributed by atoms with van der Waals surface area (Å²) in [5.41, 5.74) is 0.772. The SMILES string of the molecule is OCCCC(CCCO)(c1ccccc1O)c1ccccc1O. The lowest BCUT2D eigenvalue weighted by atomic mass is 9.68. The molecule has 0 atom stereocenters. The zero-order valence-electron chi connectivity index (χ0n) is 13.2. The van der Waals surface area contributed by atoms with Crippen molar-refractivity contribution >= 4 is 0 Å². The van der Waals surface area contributed by atoms with Gasteiger partial charge in [-0.3, -0.25) is 0 Å². The highest BCUT2D eigenvalue weighted by Crippen LogP contribution is 2.47. The molecule has 0 aromatic heterocycles. The van der Waals surface area contributed by atoms with Gasteiger partial charge in [0.1, 0.15) is 11.5 Å². The summed E-state index contributed by atoms with van der Waals surface area (Å²) >= 11 is 0. The third kappa shape index (κ3) is 3.66. The van der Waals surface area contributed by atoms with Crippen molar-refractivity contribution in [3.05, 3.63) is 59.7 Å². The van der Waals surface area contributed by atoms with Crippen molar-refractivity contribution in [2.75, 3.05) is 13.2 Å². The van der Waals surface area contributed by atoms with Gasteiger partial charge >= 0.3 is 0 Å². The number of benzene rings is 2. The van der Waals surface area contributed by atoms with Crippen molar-refractivity contribution in [2.45, 2.75) is 31.1 Å². The molecule has 4 N–H and O–H groups in total. The topological polar surface area (TPSA) is 80.9 Å². The van der Waals surface area contributed by atoms with Crippen molar-refractivity contribution in [3.8, 4) is 11.5 Å². The molecule has 0 fully saturated rings. The zero-order chi connectivity index (χ0) is 16.7.